The Kier molecular flexibility index (Phi) is 9.17. The number of nitrogens with two attached hydrogens (primary N) is 3. The molecule has 212 valence electrons. The van der Waals surface area contributed by atoms with Crippen molar-refractivity contribution in [1.29, 1.82) is 0 Å². The van der Waals surface area contributed by atoms with Crippen molar-refractivity contribution in [1.82, 2.24) is 10.2 Å². The minimum Gasteiger partial charge on any atom is -0.370 e. The molecule has 2 unspecified atom stereocenters. The first-order chi connectivity index (χ1) is 19.0. The first kappa shape index (κ1) is 28.0. The number of benzene rings is 2. The summed E-state index contributed by atoms with van der Waals surface area (Å²) in [5.41, 5.74) is 22.4. The van der Waals surface area contributed by atoms with E-state index in [1.807, 2.05) is 12.1 Å². The van der Waals surface area contributed by atoms with Gasteiger partial charge >= 0.3 is 0 Å². The smallest absolute Gasteiger partial charge is 0.192 e. The van der Waals surface area contributed by atoms with Gasteiger partial charge in [0.1, 0.15) is 0 Å². The zero-order valence-electron chi connectivity index (χ0n) is 23.0. The highest BCUT2D eigenvalue weighted by Gasteiger charge is 2.45. The number of aliphatic imine (C=N–C) groups is 1. The summed E-state index contributed by atoms with van der Waals surface area (Å²) in [5, 5.41) is 8.34. The fourth-order valence-corrected chi connectivity index (χ4v) is 6.74. The monoisotopic (exact) mass is 552 g/mol. The van der Waals surface area contributed by atoms with Crippen molar-refractivity contribution in [3.8, 4) is 0 Å². The molecule has 2 aliphatic heterocycles. The Balaban J connectivity index is 1.43. The van der Waals surface area contributed by atoms with E-state index in [1.54, 1.807) is 0 Å². The van der Waals surface area contributed by atoms with E-state index >= 15 is 0 Å². The molecular weight excluding hydrogens is 508 g/mol. The Labute approximate surface area is 238 Å². The number of rotatable bonds is 7. The van der Waals surface area contributed by atoms with Crippen LogP contribution in [0.1, 0.15) is 68.5 Å². The van der Waals surface area contributed by atoms with Gasteiger partial charge in [0, 0.05) is 48.5 Å². The van der Waals surface area contributed by atoms with Crippen LogP contribution in [0.5, 0.6) is 0 Å². The van der Waals surface area contributed by atoms with Gasteiger partial charge in [0.2, 0.25) is 0 Å². The summed E-state index contributed by atoms with van der Waals surface area (Å²) in [4.78, 5) is 9.86. The first-order valence-electron chi connectivity index (χ1n) is 14.7. The zero-order valence-corrected chi connectivity index (χ0v) is 23.8. The molecule has 0 bridgehead atoms. The number of fused-ring (bicyclic) bond motifs is 1. The van der Waals surface area contributed by atoms with Crippen molar-refractivity contribution in [2.75, 3.05) is 49.5 Å². The van der Waals surface area contributed by atoms with Gasteiger partial charge in [-0.2, -0.15) is 0 Å². The maximum Gasteiger partial charge on any atom is 0.192 e. The molecule has 1 aliphatic carbocycles. The molecule has 1 saturated carbocycles. The van der Waals surface area contributed by atoms with Crippen LogP contribution in [0, 0.1) is 5.92 Å². The molecule has 2 atom stereocenters. The molecule has 0 amide bonds. The van der Waals surface area contributed by atoms with Gasteiger partial charge in [-0.05, 0) is 73.8 Å². The summed E-state index contributed by atoms with van der Waals surface area (Å²) in [6.07, 6.45) is 9.39. The number of hydrogen-bond donors (Lipinski definition) is 5. The van der Waals surface area contributed by atoms with Gasteiger partial charge in [0.25, 0.3) is 0 Å². The number of anilines is 2. The minimum absolute atomic E-state index is 0.0918. The van der Waals surface area contributed by atoms with Crippen molar-refractivity contribution in [3.63, 3.8) is 0 Å². The molecule has 2 aromatic rings. The molecule has 2 aromatic carbocycles. The fourth-order valence-electron chi connectivity index (χ4n) is 6.56. The molecule has 8 nitrogen and oxygen atoms in total. The van der Waals surface area contributed by atoms with Crippen molar-refractivity contribution in [2.24, 2.45) is 28.1 Å². The number of nitrogens with one attached hydrogen (secondary N) is 2. The highest BCUT2D eigenvalue weighted by molar-refractivity contribution is 6.30. The highest BCUT2D eigenvalue weighted by Crippen LogP contribution is 2.43. The van der Waals surface area contributed by atoms with E-state index in [4.69, 9.17) is 33.8 Å². The number of guanidine groups is 1. The van der Waals surface area contributed by atoms with Gasteiger partial charge in [-0.15, -0.1) is 0 Å². The predicted molar refractivity (Wildman–Crippen MR) is 163 cm³/mol. The van der Waals surface area contributed by atoms with Crippen LogP contribution in [0.25, 0.3) is 0 Å². The molecular formula is C30H45ClN8. The summed E-state index contributed by atoms with van der Waals surface area (Å²) < 4.78 is 0. The van der Waals surface area contributed by atoms with Crippen LogP contribution in [-0.4, -0.2) is 55.9 Å². The standard InChI is InChI=1S/C30H45ClN8/c31-24-11-14-27-26(21-24)28(36-30(35-27,37-29(33)34)23-7-4-2-1-3-5-8-23)22-9-12-25(13-10-22)39-19-17-38(18-20-39)16-6-15-32/h9-14,21,23,28,35-36H,1-8,15-20,32H2,(H4,33,34,37). The van der Waals surface area contributed by atoms with E-state index < -0.39 is 5.79 Å². The van der Waals surface area contributed by atoms with Crippen molar-refractivity contribution < 1.29 is 0 Å². The number of piperazine rings is 1. The van der Waals surface area contributed by atoms with E-state index in [0.29, 0.717) is 5.02 Å². The van der Waals surface area contributed by atoms with Crippen LogP contribution >= 0.6 is 11.6 Å². The highest BCUT2D eigenvalue weighted by atomic mass is 35.5. The Morgan fingerprint density at radius 2 is 1.64 bits per heavy atom. The molecule has 1 saturated heterocycles. The van der Waals surface area contributed by atoms with E-state index in [0.717, 1.165) is 69.8 Å². The second kappa shape index (κ2) is 12.8. The Morgan fingerprint density at radius 3 is 2.31 bits per heavy atom. The summed E-state index contributed by atoms with van der Waals surface area (Å²) in [6, 6.07) is 14.9. The van der Waals surface area contributed by atoms with Crippen LogP contribution in [0.3, 0.4) is 0 Å². The lowest BCUT2D eigenvalue weighted by molar-refractivity contribution is 0.188. The molecule has 0 aromatic heterocycles. The fraction of sp³-hybridized carbons (Fsp3) is 0.567. The molecule has 0 spiro atoms. The largest absolute Gasteiger partial charge is 0.370 e. The average molecular weight is 553 g/mol. The minimum atomic E-state index is -0.778. The lowest BCUT2D eigenvalue weighted by Gasteiger charge is -2.47. The second-order valence-electron chi connectivity index (χ2n) is 11.3. The van der Waals surface area contributed by atoms with Crippen LogP contribution in [0.15, 0.2) is 47.5 Å². The Morgan fingerprint density at radius 1 is 0.949 bits per heavy atom. The van der Waals surface area contributed by atoms with Crippen LogP contribution in [0.4, 0.5) is 11.4 Å². The maximum absolute atomic E-state index is 6.50. The SMILES string of the molecule is NCCCN1CCN(c2ccc(C3NC(N=C(N)N)(C4CCCCCCC4)Nc4ccc(Cl)cc43)cc2)CC1. The molecule has 9 heteroatoms. The van der Waals surface area contributed by atoms with E-state index in [1.165, 1.54) is 43.4 Å². The summed E-state index contributed by atoms with van der Waals surface area (Å²) in [6.45, 7) is 6.06. The maximum atomic E-state index is 6.50. The summed E-state index contributed by atoms with van der Waals surface area (Å²) in [5.74, 6) is -0.421. The number of halogens is 1. The lowest BCUT2D eigenvalue weighted by Crippen LogP contribution is -2.61. The third-order valence-corrected chi connectivity index (χ3v) is 8.89. The zero-order chi connectivity index (χ0) is 27.2. The van der Waals surface area contributed by atoms with Crippen LogP contribution in [0.2, 0.25) is 5.02 Å². The Hall–Kier alpha value is -2.52. The van der Waals surface area contributed by atoms with Gasteiger partial charge in [0.15, 0.2) is 11.7 Å². The molecule has 8 N–H and O–H groups in total. The van der Waals surface area contributed by atoms with E-state index in [9.17, 15) is 0 Å². The van der Waals surface area contributed by atoms with Crippen molar-refractivity contribution in [2.45, 2.75) is 63.2 Å². The molecule has 0 radical (unpaired) electrons. The molecule has 5 rings (SSSR count). The van der Waals surface area contributed by atoms with Crippen LogP contribution in [-0.2, 0) is 0 Å². The van der Waals surface area contributed by atoms with Gasteiger partial charge in [-0.25, -0.2) is 4.99 Å². The number of hydrogen-bond acceptors (Lipinski definition) is 6. The average Bonchev–Trinajstić information content (AvgIpc) is 2.91. The topological polar surface area (TPSA) is 121 Å². The third-order valence-electron chi connectivity index (χ3n) is 8.66. The molecule has 3 aliphatic rings. The normalized spacial score (nSPS) is 24.8. The van der Waals surface area contributed by atoms with Crippen LogP contribution < -0.4 is 32.7 Å². The molecule has 2 heterocycles. The molecule has 39 heavy (non-hydrogen) atoms. The van der Waals surface area contributed by atoms with Gasteiger partial charge < -0.3 is 27.4 Å². The quantitative estimate of drug-likeness (QED) is 0.258. The summed E-state index contributed by atoms with van der Waals surface area (Å²) >= 11 is 6.50. The second-order valence-corrected chi connectivity index (χ2v) is 11.8. The van der Waals surface area contributed by atoms with Crippen molar-refractivity contribution in [3.05, 3.63) is 58.6 Å². The van der Waals surface area contributed by atoms with Gasteiger partial charge in [-0.3, -0.25) is 10.2 Å². The van der Waals surface area contributed by atoms with Crippen molar-refractivity contribution >= 4 is 28.9 Å². The lowest BCUT2D eigenvalue weighted by atomic mass is 9.82. The number of nitrogens with zero attached hydrogens (tertiary/aromatic N) is 3. The molecule has 2 fully saturated rings. The van der Waals surface area contributed by atoms with Gasteiger partial charge in [0.05, 0.1) is 6.04 Å². The van der Waals surface area contributed by atoms with E-state index in [2.05, 4.69) is 50.8 Å². The first-order valence-corrected chi connectivity index (χ1v) is 15.1. The van der Waals surface area contributed by atoms with E-state index in [-0.39, 0.29) is 17.9 Å². The predicted octanol–water partition coefficient (Wildman–Crippen LogP) is 4.20. The Bertz CT molecular complexity index is 1100. The van der Waals surface area contributed by atoms with Gasteiger partial charge in [-0.1, -0.05) is 55.8 Å². The third kappa shape index (κ3) is 6.62. The summed E-state index contributed by atoms with van der Waals surface area (Å²) in [7, 11) is 0.